The van der Waals surface area contributed by atoms with Crippen LogP contribution in [0.3, 0.4) is 0 Å². The van der Waals surface area contributed by atoms with Crippen LogP contribution in [0.25, 0.3) is 10.2 Å². The minimum atomic E-state index is -3.57. The summed E-state index contributed by atoms with van der Waals surface area (Å²) >= 11 is 1.37. The van der Waals surface area contributed by atoms with Gasteiger partial charge in [-0.3, -0.25) is 10.1 Å². The van der Waals surface area contributed by atoms with E-state index >= 15 is 0 Å². The molecule has 0 spiro atoms. The Morgan fingerprint density at radius 1 is 1.10 bits per heavy atom. The van der Waals surface area contributed by atoms with E-state index in [-0.39, 0.29) is 10.6 Å². The first-order chi connectivity index (χ1) is 13.9. The van der Waals surface area contributed by atoms with Crippen molar-refractivity contribution in [3.63, 3.8) is 0 Å². The molecule has 0 N–H and O–H groups in total. The molecule has 11 heteroatoms. The predicted molar refractivity (Wildman–Crippen MR) is 110 cm³/mol. The number of nitro benzene ring substituents is 1. The standard InChI is InChI=1S/C18H18N4O5S2/c1-27-14-3-5-15(6-4-14)29(25,26)21-10-8-20(9-11-21)18-19-16-7-2-13(22(23)24)12-17(16)28-18/h2-7,12H,8-11H2,1H3. The van der Waals surface area contributed by atoms with E-state index in [9.17, 15) is 18.5 Å². The van der Waals surface area contributed by atoms with E-state index in [1.807, 2.05) is 4.90 Å². The molecule has 0 aliphatic carbocycles. The van der Waals surface area contributed by atoms with Gasteiger partial charge in [-0.25, -0.2) is 13.4 Å². The van der Waals surface area contributed by atoms with E-state index in [1.165, 1.54) is 34.9 Å². The molecule has 0 atom stereocenters. The van der Waals surface area contributed by atoms with Gasteiger partial charge in [0.05, 0.1) is 27.1 Å². The summed E-state index contributed by atoms with van der Waals surface area (Å²) in [6, 6.07) is 10.9. The highest BCUT2D eigenvalue weighted by atomic mass is 32.2. The Bertz CT molecular complexity index is 1150. The predicted octanol–water partition coefficient (Wildman–Crippen LogP) is 2.72. The number of anilines is 1. The summed E-state index contributed by atoms with van der Waals surface area (Å²) in [6.07, 6.45) is 0. The number of non-ortho nitro benzene ring substituents is 1. The Balaban J connectivity index is 1.48. The fourth-order valence-corrected chi connectivity index (χ4v) is 5.64. The zero-order valence-corrected chi connectivity index (χ0v) is 17.1. The number of piperazine rings is 1. The van der Waals surface area contributed by atoms with Crippen molar-refractivity contribution in [2.24, 2.45) is 0 Å². The molecule has 0 saturated carbocycles. The number of hydrogen-bond donors (Lipinski definition) is 0. The molecule has 0 unspecified atom stereocenters. The van der Waals surface area contributed by atoms with Crippen molar-refractivity contribution >= 4 is 42.4 Å². The van der Waals surface area contributed by atoms with Gasteiger partial charge in [0.15, 0.2) is 5.13 Å². The molecule has 152 valence electrons. The van der Waals surface area contributed by atoms with E-state index in [4.69, 9.17) is 4.74 Å². The third kappa shape index (κ3) is 3.76. The lowest BCUT2D eigenvalue weighted by Crippen LogP contribution is -2.48. The molecule has 1 fully saturated rings. The molecule has 3 aromatic rings. The number of rotatable bonds is 5. The molecule has 0 amide bonds. The Labute approximate surface area is 171 Å². The highest BCUT2D eigenvalue weighted by molar-refractivity contribution is 7.89. The number of benzene rings is 2. The van der Waals surface area contributed by atoms with Crippen LogP contribution in [0.5, 0.6) is 5.75 Å². The number of aromatic nitrogens is 1. The van der Waals surface area contributed by atoms with Crippen LogP contribution >= 0.6 is 11.3 Å². The van der Waals surface area contributed by atoms with Gasteiger partial charge in [-0.15, -0.1) is 0 Å². The average Bonchev–Trinajstić information content (AvgIpc) is 3.17. The lowest BCUT2D eigenvalue weighted by atomic mass is 10.3. The first-order valence-corrected chi connectivity index (χ1v) is 11.1. The summed E-state index contributed by atoms with van der Waals surface area (Å²) in [6.45, 7) is 1.67. The van der Waals surface area contributed by atoms with Gasteiger partial charge in [-0.1, -0.05) is 11.3 Å². The van der Waals surface area contributed by atoms with Crippen LogP contribution in [-0.2, 0) is 10.0 Å². The molecular weight excluding hydrogens is 416 g/mol. The second kappa shape index (κ2) is 7.58. The van der Waals surface area contributed by atoms with Crippen LogP contribution in [0.2, 0.25) is 0 Å². The Kier molecular flexibility index (Phi) is 5.11. The maximum atomic E-state index is 12.9. The van der Waals surface area contributed by atoms with Gasteiger partial charge in [0.2, 0.25) is 10.0 Å². The second-order valence-corrected chi connectivity index (χ2v) is 9.42. The molecule has 0 bridgehead atoms. The van der Waals surface area contributed by atoms with Crippen molar-refractivity contribution in [1.29, 1.82) is 0 Å². The molecule has 2 aromatic carbocycles. The van der Waals surface area contributed by atoms with Gasteiger partial charge < -0.3 is 9.64 Å². The van der Waals surface area contributed by atoms with Crippen molar-refractivity contribution in [1.82, 2.24) is 9.29 Å². The lowest BCUT2D eigenvalue weighted by molar-refractivity contribution is -0.384. The molecule has 1 saturated heterocycles. The number of nitro groups is 1. The van der Waals surface area contributed by atoms with Crippen molar-refractivity contribution in [3.8, 4) is 5.75 Å². The topological polar surface area (TPSA) is 106 Å². The summed E-state index contributed by atoms with van der Waals surface area (Å²) in [4.78, 5) is 17.3. The van der Waals surface area contributed by atoms with Crippen LogP contribution in [0.15, 0.2) is 47.4 Å². The van der Waals surface area contributed by atoms with Crippen molar-refractivity contribution in [3.05, 3.63) is 52.6 Å². The van der Waals surface area contributed by atoms with E-state index in [0.717, 1.165) is 9.83 Å². The van der Waals surface area contributed by atoms with Gasteiger partial charge in [0.1, 0.15) is 5.75 Å². The Morgan fingerprint density at radius 3 is 2.41 bits per heavy atom. The SMILES string of the molecule is COc1ccc(S(=O)(=O)N2CCN(c3nc4ccc([N+](=O)[O-])cc4s3)CC2)cc1. The monoisotopic (exact) mass is 434 g/mol. The quantitative estimate of drug-likeness (QED) is 0.449. The summed E-state index contributed by atoms with van der Waals surface area (Å²) in [7, 11) is -2.04. The number of fused-ring (bicyclic) bond motifs is 1. The summed E-state index contributed by atoms with van der Waals surface area (Å²) in [5.74, 6) is 0.602. The molecule has 1 aliphatic rings. The number of methoxy groups -OCH3 is 1. The molecule has 9 nitrogen and oxygen atoms in total. The maximum Gasteiger partial charge on any atom is 0.270 e. The summed E-state index contributed by atoms with van der Waals surface area (Å²) in [5.41, 5.74) is 0.729. The number of hydrogen-bond acceptors (Lipinski definition) is 8. The van der Waals surface area contributed by atoms with E-state index in [1.54, 1.807) is 30.3 Å². The smallest absolute Gasteiger partial charge is 0.270 e. The fourth-order valence-electron chi connectivity index (χ4n) is 3.17. The van der Waals surface area contributed by atoms with Crippen LogP contribution in [0.4, 0.5) is 10.8 Å². The van der Waals surface area contributed by atoms with E-state index in [0.29, 0.717) is 37.4 Å². The summed E-state index contributed by atoms with van der Waals surface area (Å²) < 4.78 is 33.0. The Morgan fingerprint density at radius 2 is 1.79 bits per heavy atom. The van der Waals surface area contributed by atoms with Crippen molar-refractivity contribution < 1.29 is 18.1 Å². The van der Waals surface area contributed by atoms with Crippen LogP contribution in [0.1, 0.15) is 0 Å². The van der Waals surface area contributed by atoms with Crippen LogP contribution < -0.4 is 9.64 Å². The Hall–Kier alpha value is -2.76. The lowest BCUT2D eigenvalue weighted by Gasteiger charge is -2.33. The van der Waals surface area contributed by atoms with Gasteiger partial charge in [-0.05, 0) is 30.3 Å². The number of ether oxygens (including phenoxy) is 1. The van der Waals surface area contributed by atoms with Gasteiger partial charge in [0.25, 0.3) is 5.69 Å². The number of thiazole rings is 1. The fraction of sp³-hybridized carbons (Fsp3) is 0.278. The molecular formula is C18H18N4O5S2. The molecule has 2 heterocycles. The molecule has 29 heavy (non-hydrogen) atoms. The molecule has 1 aliphatic heterocycles. The zero-order chi connectivity index (χ0) is 20.6. The molecule has 0 radical (unpaired) electrons. The van der Waals surface area contributed by atoms with Gasteiger partial charge in [-0.2, -0.15) is 4.31 Å². The first kappa shape index (κ1) is 19.6. The van der Waals surface area contributed by atoms with Crippen LogP contribution in [-0.4, -0.2) is 55.9 Å². The van der Waals surface area contributed by atoms with E-state index < -0.39 is 14.9 Å². The first-order valence-electron chi connectivity index (χ1n) is 8.82. The average molecular weight is 434 g/mol. The van der Waals surface area contributed by atoms with Gasteiger partial charge >= 0.3 is 0 Å². The van der Waals surface area contributed by atoms with Crippen molar-refractivity contribution in [2.75, 3.05) is 38.2 Å². The minimum Gasteiger partial charge on any atom is -0.497 e. The summed E-state index contributed by atoms with van der Waals surface area (Å²) in [5, 5.41) is 11.7. The number of nitrogens with zero attached hydrogens (tertiary/aromatic N) is 4. The normalized spacial score (nSPS) is 15.6. The minimum absolute atomic E-state index is 0.0307. The highest BCUT2D eigenvalue weighted by Crippen LogP contribution is 2.32. The maximum absolute atomic E-state index is 12.9. The third-order valence-corrected chi connectivity index (χ3v) is 7.77. The number of sulfonamides is 1. The van der Waals surface area contributed by atoms with E-state index in [2.05, 4.69) is 4.98 Å². The molecule has 4 rings (SSSR count). The second-order valence-electron chi connectivity index (χ2n) is 6.47. The third-order valence-electron chi connectivity index (χ3n) is 4.78. The molecule has 1 aromatic heterocycles. The van der Waals surface area contributed by atoms with Crippen molar-refractivity contribution in [2.45, 2.75) is 4.90 Å². The van der Waals surface area contributed by atoms with Crippen LogP contribution in [0, 0.1) is 10.1 Å². The largest absolute Gasteiger partial charge is 0.497 e. The zero-order valence-electron chi connectivity index (χ0n) is 15.5. The highest BCUT2D eigenvalue weighted by Gasteiger charge is 2.29. The van der Waals surface area contributed by atoms with Gasteiger partial charge in [0, 0.05) is 38.3 Å².